The van der Waals surface area contributed by atoms with Gasteiger partial charge in [0.2, 0.25) is 5.75 Å². The molecule has 3 aliphatic rings. The average molecular weight is 455 g/mol. The lowest BCUT2D eigenvalue weighted by Crippen LogP contribution is -2.48. The summed E-state index contributed by atoms with van der Waals surface area (Å²) in [6.07, 6.45) is 12.9. The van der Waals surface area contributed by atoms with Crippen molar-refractivity contribution in [2.75, 3.05) is 37.6 Å². The van der Waals surface area contributed by atoms with Gasteiger partial charge in [0, 0.05) is 32.7 Å². The van der Waals surface area contributed by atoms with E-state index in [1.165, 1.54) is 55.5 Å². The van der Waals surface area contributed by atoms with E-state index in [0.717, 1.165) is 63.5 Å². The summed E-state index contributed by atoms with van der Waals surface area (Å²) in [5, 5.41) is 4.41. The fraction of sp³-hybridized carbons (Fsp3) is 0.615. The van der Waals surface area contributed by atoms with Gasteiger partial charge in [0.15, 0.2) is 0 Å². The van der Waals surface area contributed by atoms with Crippen LogP contribution in [-0.4, -0.2) is 53.5 Å². The Bertz CT molecular complexity index is 990. The topological polar surface area (TPSA) is 50.6 Å². The van der Waals surface area contributed by atoms with Crippen molar-refractivity contribution in [3.05, 3.63) is 46.6 Å². The molecule has 1 aliphatic heterocycles. The van der Waals surface area contributed by atoms with Crippen LogP contribution in [0.3, 0.4) is 0 Å². The van der Waals surface area contributed by atoms with Crippen LogP contribution >= 0.6 is 0 Å². The predicted octanol–water partition coefficient (Wildman–Crippen LogP) is 4.40. The highest BCUT2D eigenvalue weighted by Gasteiger charge is 2.27. The van der Waals surface area contributed by atoms with Crippen LogP contribution in [0.15, 0.2) is 35.3 Å². The normalized spacial score (nSPS) is 20.9. The number of halogens is 1. The van der Waals surface area contributed by atoms with Gasteiger partial charge in [-0.1, -0.05) is 25.3 Å². The standard InChI is InChI=1S/C26H35FN4O2/c27-21-9-6-10-22(17-21)31-26(32)25(33-23-11-4-5-12-23)24(18-28-31)30-15-13-29(14-16-30)19-20-7-2-1-3-8-20/h6,9-10,17-18,20,23H,1-5,7-8,11-16,19H2. The molecule has 6 nitrogen and oxygen atoms in total. The second kappa shape index (κ2) is 10.2. The van der Waals surface area contributed by atoms with Crippen LogP contribution in [0.2, 0.25) is 0 Å². The first-order chi connectivity index (χ1) is 16.2. The molecule has 33 heavy (non-hydrogen) atoms. The number of nitrogens with zero attached hydrogens (tertiary/aromatic N) is 4. The maximum atomic E-state index is 13.8. The summed E-state index contributed by atoms with van der Waals surface area (Å²) < 4.78 is 21.4. The highest BCUT2D eigenvalue weighted by molar-refractivity contribution is 5.57. The lowest BCUT2D eigenvalue weighted by Gasteiger charge is -2.38. The molecule has 5 rings (SSSR count). The molecule has 0 amide bonds. The number of hydrogen-bond acceptors (Lipinski definition) is 5. The zero-order valence-corrected chi connectivity index (χ0v) is 19.4. The van der Waals surface area contributed by atoms with Crippen LogP contribution in [0.4, 0.5) is 10.1 Å². The smallest absolute Gasteiger partial charge is 0.316 e. The molecule has 1 aromatic heterocycles. The number of piperazine rings is 1. The molecule has 2 heterocycles. The molecule has 0 radical (unpaired) electrons. The highest BCUT2D eigenvalue weighted by Crippen LogP contribution is 2.31. The molecule has 3 fully saturated rings. The number of rotatable bonds is 6. The quantitative estimate of drug-likeness (QED) is 0.648. The monoisotopic (exact) mass is 454 g/mol. The first-order valence-electron chi connectivity index (χ1n) is 12.7. The summed E-state index contributed by atoms with van der Waals surface area (Å²) in [7, 11) is 0. The van der Waals surface area contributed by atoms with E-state index in [2.05, 4.69) is 14.9 Å². The van der Waals surface area contributed by atoms with Crippen molar-refractivity contribution in [1.82, 2.24) is 14.7 Å². The van der Waals surface area contributed by atoms with E-state index >= 15 is 0 Å². The van der Waals surface area contributed by atoms with Gasteiger partial charge in [0.25, 0.3) is 0 Å². The number of ether oxygens (including phenoxy) is 1. The Labute approximate surface area is 195 Å². The molecular weight excluding hydrogens is 419 g/mol. The Kier molecular flexibility index (Phi) is 6.95. The van der Waals surface area contributed by atoms with Gasteiger partial charge in [0.1, 0.15) is 11.5 Å². The van der Waals surface area contributed by atoms with E-state index in [4.69, 9.17) is 4.74 Å². The molecule has 0 spiro atoms. The van der Waals surface area contributed by atoms with Crippen molar-refractivity contribution in [3.63, 3.8) is 0 Å². The molecule has 0 N–H and O–H groups in total. The second-order valence-corrected chi connectivity index (χ2v) is 9.87. The number of hydrogen-bond donors (Lipinski definition) is 0. The zero-order chi connectivity index (χ0) is 22.6. The Balaban J connectivity index is 1.36. The number of benzene rings is 1. The third-order valence-electron chi connectivity index (χ3n) is 7.51. The minimum absolute atomic E-state index is 0.0624. The summed E-state index contributed by atoms with van der Waals surface area (Å²) in [6, 6.07) is 5.99. The van der Waals surface area contributed by atoms with Crippen molar-refractivity contribution in [3.8, 4) is 11.4 Å². The maximum Gasteiger partial charge on any atom is 0.316 e. The molecule has 0 bridgehead atoms. The Morgan fingerprint density at radius 3 is 2.42 bits per heavy atom. The zero-order valence-electron chi connectivity index (χ0n) is 19.4. The molecule has 2 saturated carbocycles. The summed E-state index contributed by atoms with van der Waals surface area (Å²) in [4.78, 5) is 18.3. The van der Waals surface area contributed by atoms with Crippen molar-refractivity contribution >= 4 is 5.69 Å². The first kappa shape index (κ1) is 22.4. The van der Waals surface area contributed by atoms with Crippen LogP contribution < -0.4 is 15.2 Å². The molecule has 0 unspecified atom stereocenters. The third-order valence-corrected chi connectivity index (χ3v) is 7.51. The second-order valence-electron chi connectivity index (χ2n) is 9.87. The Morgan fingerprint density at radius 1 is 0.970 bits per heavy atom. The molecule has 2 aromatic rings. The molecule has 1 saturated heterocycles. The molecule has 178 valence electrons. The van der Waals surface area contributed by atoms with Gasteiger partial charge in [-0.25, -0.2) is 4.39 Å². The predicted molar refractivity (Wildman–Crippen MR) is 128 cm³/mol. The van der Waals surface area contributed by atoms with Crippen LogP contribution in [0.25, 0.3) is 5.69 Å². The Morgan fingerprint density at radius 2 is 1.70 bits per heavy atom. The highest BCUT2D eigenvalue weighted by atomic mass is 19.1. The van der Waals surface area contributed by atoms with Crippen LogP contribution in [0, 0.1) is 11.7 Å². The van der Waals surface area contributed by atoms with E-state index in [0.29, 0.717) is 11.4 Å². The lowest BCUT2D eigenvalue weighted by atomic mass is 9.89. The fourth-order valence-electron chi connectivity index (χ4n) is 5.64. The summed E-state index contributed by atoms with van der Waals surface area (Å²) in [6.45, 7) is 4.90. The van der Waals surface area contributed by atoms with E-state index < -0.39 is 5.82 Å². The molecule has 1 aromatic carbocycles. The van der Waals surface area contributed by atoms with Gasteiger partial charge < -0.3 is 9.64 Å². The molecule has 0 atom stereocenters. The molecule has 7 heteroatoms. The average Bonchev–Trinajstić information content (AvgIpc) is 3.35. The third kappa shape index (κ3) is 5.24. The summed E-state index contributed by atoms with van der Waals surface area (Å²) >= 11 is 0. The van der Waals surface area contributed by atoms with E-state index in [1.54, 1.807) is 18.3 Å². The van der Waals surface area contributed by atoms with Gasteiger partial charge in [-0.2, -0.15) is 9.78 Å². The Hall–Kier alpha value is -2.41. The van der Waals surface area contributed by atoms with E-state index in [9.17, 15) is 9.18 Å². The van der Waals surface area contributed by atoms with Crippen molar-refractivity contribution in [2.24, 2.45) is 5.92 Å². The number of anilines is 1. The van der Waals surface area contributed by atoms with Gasteiger partial charge in [-0.15, -0.1) is 0 Å². The van der Waals surface area contributed by atoms with Crippen molar-refractivity contribution in [1.29, 1.82) is 0 Å². The van der Waals surface area contributed by atoms with E-state index in [1.807, 2.05) is 0 Å². The fourth-order valence-corrected chi connectivity index (χ4v) is 5.64. The number of aromatic nitrogens is 2. The van der Waals surface area contributed by atoms with Gasteiger partial charge >= 0.3 is 5.56 Å². The van der Waals surface area contributed by atoms with Crippen LogP contribution in [-0.2, 0) is 0 Å². The SMILES string of the molecule is O=c1c(OC2CCCC2)c(N2CCN(CC3CCCCC3)CC2)cnn1-c1cccc(F)c1. The van der Waals surface area contributed by atoms with E-state index in [-0.39, 0.29) is 11.7 Å². The van der Waals surface area contributed by atoms with Crippen molar-refractivity contribution in [2.45, 2.75) is 63.9 Å². The summed E-state index contributed by atoms with van der Waals surface area (Å²) in [5.74, 6) is 0.808. The molecular formula is C26H35FN4O2. The lowest BCUT2D eigenvalue weighted by molar-refractivity contribution is 0.188. The first-order valence-corrected chi connectivity index (χ1v) is 12.7. The van der Waals surface area contributed by atoms with Crippen LogP contribution in [0.5, 0.6) is 5.75 Å². The van der Waals surface area contributed by atoms with Gasteiger partial charge in [0.05, 0.1) is 18.0 Å². The van der Waals surface area contributed by atoms with Crippen LogP contribution in [0.1, 0.15) is 57.8 Å². The van der Waals surface area contributed by atoms with Gasteiger partial charge in [-0.3, -0.25) is 9.69 Å². The minimum Gasteiger partial charge on any atom is -0.483 e. The minimum atomic E-state index is -0.391. The largest absolute Gasteiger partial charge is 0.483 e. The maximum absolute atomic E-state index is 13.8. The molecule has 2 aliphatic carbocycles. The van der Waals surface area contributed by atoms with Gasteiger partial charge in [-0.05, 0) is 62.6 Å². The summed E-state index contributed by atoms with van der Waals surface area (Å²) in [5.41, 5.74) is 0.881. The van der Waals surface area contributed by atoms with Crippen molar-refractivity contribution < 1.29 is 9.13 Å².